The van der Waals surface area contributed by atoms with E-state index in [0.717, 1.165) is 25.9 Å². The zero-order valence-corrected chi connectivity index (χ0v) is 13.0. The van der Waals surface area contributed by atoms with Crippen LogP contribution in [0, 0.1) is 0 Å². The van der Waals surface area contributed by atoms with Gasteiger partial charge in [-0.15, -0.1) is 12.4 Å². The van der Waals surface area contributed by atoms with Gasteiger partial charge in [0.1, 0.15) is 0 Å². The first-order valence-electron chi connectivity index (χ1n) is 6.24. The molecular formula is C11H25ClN2O3S. The summed E-state index contributed by atoms with van der Waals surface area (Å²) in [6.45, 7) is 6.06. The fraction of sp³-hybridized carbons (Fsp3) is 1.00. The number of sulfonamides is 1. The molecule has 1 aliphatic heterocycles. The monoisotopic (exact) mass is 300 g/mol. The van der Waals surface area contributed by atoms with E-state index in [1.165, 1.54) is 0 Å². The molecule has 7 heteroatoms. The van der Waals surface area contributed by atoms with Crippen molar-refractivity contribution >= 4 is 22.4 Å². The quantitative estimate of drug-likeness (QED) is 0.757. The third-order valence-electron chi connectivity index (χ3n) is 3.09. The predicted octanol–water partition coefficient (Wildman–Crippen LogP) is 0.847. The zero-order valence-electron chi connectivity index (χ0n) is 11.4. The minimum Gasteiger partial charge on any atom is -0.381 e. The highest BCUT2D eigenvalue weighted by molar-refractivity contribution is 7.89. The van der Waals surface area contributed by atoms with Crippen molar-refractivity contribution in [3.05, 3.63) is 0 Å². The van der Waals surface area contributed by atoms with Crippen LogP contribution in [0.4, 0.5) is 0 Å². The Bertz CT molecular complexity index is 318. The number of nitrogens with zero attached hydrogens (tertiary/aromatic N) is 1. The van der Waals surface area contributed by atoms with Crippen LogP contribution in [0.25, 0.3) is 0 Å². The van der Waals surface area contributed by atoms with Crippen molar-refractivity contribution in [2.75, 3.05) is 32.5 Å². The Morgan fingerprint density at radius 2 is 2.17 bits per heavy atom. The molecule has 0 aromatic carbocycles. The highest BCUT2D eigenvalue weighted by atomic mass is 35.5. The molecule has 0 amide bonds. The van der Waals surface area contributed by atoms with Crippen LogP contribution >= 0.6 is 12.4 Å². The molecule has 1 heterocycles. The van der Waals surface area contributed by atoms with Gasteiger partial charge in [0.25, 0.3) is 0 Å². The molecule has 2 unspecified atom stereocenters. The molecule has 1 saturated heterocycles. The van der Waals surface area contributed by atoms with Gasteiger partial charge in [-0.25, -0.2) is 8.42 Å². The second-order valence-corrected chi connectivity index (χ2v) is 6.55. The van der Waals surface area contributed by atoms with Crippen LogP contribution in [-0.2, 0) is 14.8 Å². The lowest BCUT2D eigenvalue weighted by molar-refractivity contribution is 0.134. The molecule has 0 spiro atoms. The minimum absolute atomic E-state index is 0. The summed E-state index contributed by atoms with van der Waals surface area (Å²) < 4.78 is 31.3. The van der Waals surface area contributed by atoms with Gasteiger partial charge in [0.05, 0.1) is 11.9 Å². The van der Waals surface area contributed by atoms with E-state index in [-0.39, 0.29) is 30.3 Å². The number of methoxy groups -OCH3 is 1. The topological polar surface area (TPSA) is 58.6 Å². The highest BCUT2D eigenvalue weighted by Gasteiger charge is 2.32. The van der Waals surface area contributed by atoms with Crippen LogP contribution in [0.5, 0.6) is 0 Å². The Hall–Kier alpha value is 0.120. The lowest BCUT2D eigenvalue weighted by Gasteiger charge is -2.28. The molecule has 0 bridgehead atoms. The molecule has 0 aliphatic carbocycles. The maximum absolute atomic E-state index is 12.3. The van der Waals surface area contributed by atoms with Crippen molar-refractivity contribution in [2.45, 2.75) is 38.8 Å². The summed E-state index contributed by atoms with van der Waals surface area (Å²) in [6.07, 6.45) is 1.49. The Kier molecular flexibility index (Phi) is 8.38. The normalized spacial score (nSPS) is 21.9. The molecule has 1 aliphatic rings. The van der Waals surface area contributed by atoms with Crippen molar-refractivity contribution in [2.24, 2.45) is 0 Å². The summed E-state index contributed by atoms with van der Waals surface area (Å²) >= 11 is 0. The summed E-state index contributed by atoms with van der Waals surface area (Å²) in [5.74, 6) is 0.0694. The first-order valence-corrected chi connectivity index (χ1v) is 7.85. The Balaban J connectivity index is 0.00000289. The van der Waals surface area contributed by atoms with Gasteiger partial charge in [-0.1, -0.05) is 6.92 Å². The fourth-order valence-corrected chi connectivity index (χ4v) is 4.13. The van der Waals surface area contributed by atoms with Gasteiger partial charge in [-0.3, -0.25) is 0 Å². The van der Waals surface area contributed by atoms with Crippen molar-refractivity contribution in [1.29, 1.82) is 0 Å². The van der Waals surface area contributed by atoms with E-state index in [0.29, 0.717) is 6.54 Å². The maximum Gasteiger partial charge on any atom is 0.216 e. The van der Waals surface area contributed by atoms with Crippen LogP contribution in [0.15, 0.2) is 0 Å². The largest absolute Gasteiger partial charge is 0.381 e. The number of rotatable bonds is 7. The zero-order chi connectivity index (χ0) is 12.9. The number of hydrogen-bond donors (Lipinski definition) is 1. The van der Waals surface area contributed by atoms with Crippen molar-refractivity contribution in [1.82, 2.24) is 9.62 Å². The summed E-state index contributed by atoms with van der Waals surface area (Å²) in [7, 11) is -1.67. The summed E-state index contributed by atoms with van der Waals surface area (Å²) in [4.78, 5) is 0. The van der Waals surface area contributed by atoms with Crippen LogP contribution in [0.2, 0.25) is 0 Å². The molecule has 1 rings (SSSR count). The SMILES string of the molecule is CCCN(C1CCNC1)S(=O)(=O)CC(C)OC.Cl. The van der Waals surface area contributed by atoms with Crippen LogP contribution in [-0.4, -0.2) is 57.4 Å². The third-order valence-corrected chi connectivity index (χ3v) is 5.18. The fourth-order valence-electron chi connectivity index (χ4n) is 2.11. The Morgan fingerprint density at radius 1 is 1.50 bits per heavy atom. The van der Waals surface area contributed by atoms with Crippen molar-refractivity contribution < 1.29 is 13.2 Å². The molecule has 110 valence electrons. The van der Waals surface area contributed by atoms with Gasteiger partial charge < -0.3 is 10.1 Å². The maximum atomic E-state index is 12.3. The minimum atomic E-state index is -3.21. The molecule has 0 aromatic heterocycles. The van der Waals surface area contributed by atoms with Crippen LogP contribution < -0.4 is 5.32 Å². The molecule has 1 fully saturated rings. The van der Waals surface area contributed by atoms with E-state index in [2.05, 4.69) is 5.32 Å². The van der Waals surface area contributed by atoms with E-state index in [4.69, 9.17) is 4.74 Å². The van der Waals surface area contributed by atoms with E-state index in [1.54, 1.807) is 18.3 Å². The Morgan fingerprint density at radius 3 is 2.61 bits per heavy atom. The molecule has 0 aromatic rings. The summed E-state index contributed by atoms with van der Waals surface area (Å²) in [5.41, 5.74) is 0. The van der Waals surface area contributed by atoms with Gasteiger partial charge in [-0.2, -0.15) is 4.31 Å². The van der Waals surface area contributed by atoms with E-state index in [1.807, 2.05) is 6.92 Å². The second kappa shape index (κ2) is 8.32. The van der Waals surface area contributed by atoms with Crippen molar-refractivity contribution in [3.63, 3.8) is 0 Å². The van der Waals surface area contributed by atoms with Crippen molar-refractivity contribution in [3.8, 4) is 0 Å². The van der Waals surface area contributed by atoms with Crippen LogP contribution in [0.3, 0.4) is 0 Å². The van der Waals surface area contributed by atoms with E-state index >= 15 is 0 Å². The number of hydrogen-bond acceptors (Lipinski definition) is 4. The number of halogens is 1. The molecule has 0 radical (unpaired) electrons. The smallest absolute Gasteiger partial charge is 0.216 e. The van der Waals surface area contributed by atoms with Gasteiger partial charge in [0.15, 0.2) is 0 Å². The van der Waals surface area contributed by atoms with Gasteiger partial charge in [-0.05, 0) is 26.3 Å². The molecule has 2 atom stereocenters. The first-order chi connectivity index (χ1) is 8.01. The van der Waals surface area contributed by atoms with E-state index < -0.39 is 10.0 Å². The van der Waals surface area contributed by atoms with Gasteiger partial charge in [0, 0.05) is 26.2 Å². The third kappa shape index (κ3) is 5.01. The van der Waals surface area contributed by atoms with Gasteiger partial charge >= 0.3 is 0 Å². The molecule has 1 N–H and O–H groups in total. The summed E-state index contributed by atoms with van der Waals surface area (Å²) in [5, 5.41) is 3.21. The average molecular weight is 301 g/mol. The predicted molar refractivity (Wildman–Crippen MR) is 75.8 cm³/mol. The van der Waals surface area contributed by atoms with E-state index in [9.17, 15) is 8.42 Å². The standard InChI is InChI=1S/C11H24N2O3S.ClH/c1-4-7-13(11-5-6-12-8-11)17(14,15)9-10(2)16-3;/h10-12H,4-9H2,1-3H3;1H. The molecular weight excluding hydrogens is 276 g/mol. The average Bonchev–Trinajstić information content (AvgIpc) is 2.77. The lowest BCUT2D eigenvalue weighted by atomic mass is 10.2. The lowest BCUT2D eigenvalue weighted by Crippen LogP contribution is -2.44. The van der Waals surface area contributed by atoms with Crippen LogP contribution in [0.1, 0.15) is 26.7 Å². The van der Waals surface area contributed by atoms with Gasteiger partial charge in [0.2, 0.25) is 10.0 Å². The molecule has 18 heavy (non-hydrogen) atoms. The highest BCUT2D eigenvalue weighted by Crippen LogP contribution is 2.15. The molecule has 0 saturated carbocycles. The Labute approximate surface area is 117 Å². The summed E-state index contributed by atoms with van der Waals surface area (Å²) in [6, 6.07) is 0.115. The number of nitrogens with one attached hydrogen (secondary N) is 1. The number of ether oxygens (including phenoxy) is 1. The second-order valence-electron chi connectivity index (χ2n) is 4.58. The first kappa shape index (κ1) is 18.1. The molecule has 5 nitrogen and oxygen atoms in total.